The highest BCUT2D eigenvalue weighted by molar-refractivity contribution is 7.17. The van der Waals surface area contributed by atoms with Crippen molar-refractivity contribution < 1.29 is 14.3 Å². The van der Waals surface area contributed by atoms with Crippen molar-refractivity contribution in [2.75, 3.05) is 39.2 Å². The molecule has 0 bridgehead atoms. The van der Waals surface area contributed by atoms with Gasteiger partial charge in [0.15, 0.2) is 16.6 Å². The lowest BCUT2D eigenvalue weighted by atomic mass is 10.1. The van der Waals surface area contributed by atoms with E-state index in [1.807, 2.05) is 0 Å². The molecule has 1 fully saturated rings. The number of methoxy groups -OCH3 is 1. The monoisotopic (exact) mass is 311 g/mol. The van der Waals surface area contributed by atoms with Crippen molar-refractivity contribution >= 4 is 28.2 Å². The first-order valence-corrected chi connectivity index (χ1v) is 7.68. The highest BCUT2D eigenvalue weighted by atomic mass is 32.1. The average molecular weight is 311 g/mol. The van der Waals surface area contributed by atoms with Gasteiger partial charge in [0.2, 0.25) is 0 Å². The van der Waals surface area contributed by atoms with Gasteiger partial charge in [0.1, 0.15) is 4.88 Å². The van der Waals surface area contributed by atoms with Crippen LogP contribution in [0.1, 0.15) is 34.0 Å². The van der Waals surface area contributed by atoms with Gasteiger partial charge in [0.25, 0.3) is 0 Å². The average Bonchev–Trinajstić information content (AvgIpc) is 3.01. The summed E-state index contributed by atoms with van der Waals surface area (Å²) in [5.74, 6) is -0.207. The van der Waals surface area contributed by atoms with Gasteiger partial charge in [-0.1, -0.05) is 18.3 Å². The Morgan fingerprint density at radius 2 is 2.05 bits per heavy atom. The van der Waals surface area contributed by atoms with Crippen molar-refractivity contribution in [3.8, 4) is 0 Å². The fourth-order valence-electron chi connectivity index (χ4n) is 2.70. The van der Waals surface area contributed by atoms with Gasteiger partial charge in [0.05, 0.1) is 7.11 Å². The molecular weight excluding hydrogens is 290 g/mol. The van der Waals surface area contributed by atoms with Crippen LogP contribution in [0.25, 0.3) is 0 Å². The number of esters is 1. The standard InChI is InChI=1S/C14H21N3O3S/c1-8-6-17(7-10(8)16(3)4)14-15-11(13(19)20-5)12(21-14)9(2)18/h8,10H,6-7H2,1-5H3. The van der Waals surface area contributed by atoms with E-state index in [-0.39, 0.29) is 11.5 Å². The molecule has 0 N–H and O–H groups in total. The number of likely N-dealkylation sites (N-methyl/N-ethyl adjacent to an activating group) is 1. The summed E-state index contributed by atoms with van der Waals surface area (Å²) in [4.78, 5) is 32.5. The van der Waals surface area contributed by atoms with Crippen molar-refractivity contribution in [2.45, 2.75) is 19.9 Å². The van der Waals surface area contributed by atoms with Crippen molar-refractivity contribution in [3.63, 3.8) is 0 Å². The first kappa shape index (κ1) is 15.9. The molecule has 0 amide bonds. The molecule has 0 saturated carbocycles. The summed E-state index contributed by atoms with van der Waals surface area (Å²) in [6.45, 7) is 5.36. The summed E-state index contributed by atoms with van der Waals surface area (Å²) in [6.07, 6.45) is 0. The SMILES string of the molecule is COC(=O)c1nc(N2CC(C)C(N(C)C)C2)sc1C(C)=O. The number of carbonyl (C=O) groups excluding carboxylic acids is 2. The number of rotatable bonds is 4. The van der Waals surface area contributed by atoms with Crippen molar-refractivity contribution in [1.82, 2.24) is 9.88 Å². The summed E-state index contributed by atoms with van der Waals surface area (Å²) in [7, 11) is 5.42. The first-order chi connectivity index (χ1) is 9.85. The Labute approximate surface area is 128 Å². The van der Waals surface area contributed by atoms with Crippen molar-refractivity contribution in [3.05, 3.63) is 10.6 Å². The lowest BCUT2D eigenvalue weighted by molar-refractivity contribution is 0.0591. The zero-order valence-electron chi connectivity index (χ0n) is 13.0. The highest BCUT2D eigenvalue weighted by Gasteiger charge is 2.34. The predicted molar refractivity (Wildman–Crippen MR) is 82.3 cm³/mol. The van der Waals surface area contributed by atoms with E-state index in [1.54, 1.807) is 0 Å². The van der Waals surface area contributed by atoms with Crippen LogP contribution in [0.3, 0.4) is 0 Å². The van der Waals surface area contributed by atoms with E-state index < -0.39 is 5.97 Å². The molecule has 0 aliphatic carbocycles. The van der Waals surface area contributed by atoms with E-state index in [9.17, 15) is 9.59 Å². The molecule has 7 heteroatoms. The van der Waals surface area contributed by atoms with Crippen LogP contribution in [-0.2, 0) is 4.74 Å². The summed E-state index contributed by atoms with van der Waals surface area (Å²) in [5.41, 5.74) is 0.131. The minimum absolute atomic E-state index is 0.131. The number of hydrogen-bond acceptors (Lipinski definition) is 7. The van der Waals surface area contributed by atoms with Crippen LogP contribution in [0, 0.1) is 5.92 Å². The number of ether oxygens (including phenoxy) is 1. The molecule has 1 aromatic rings. The second-order valence-electron chi connectivity index (χ2n) is 5.64. The number of hydrogen-bond donors (Lipinski definition) is 0. The van der Waals surface area contributed by atoms with Gasteiger partial charge in [-0.2, -0.15) is 0 Å². The Hall–Kier alpha value is -1.47. The molecule has 1 saturated heterocycles. The predicted octanol–water partition coefficient (Wildman–Crippen LogP) is 1.52. The zero-order chi connectivity index (χ0) is 15.7. The fraction of sp³-hybridized carbons (Fsp3) is 0.643. The van der Waals surface area contributed by atoms with Crippen LogP contribution < -0.4 is 4.90 Å². The third-order valence-electron chi connectivity index (χ3n) is 3.82. The summed E-state index contributed by atoms with van der Waals surface area (Å²) >= 11 is 1.27. The Morgan fingerprint density at radius 3 is 2.52 bits per heavy atom. The Kier molecular flexibility index (Phi) is 4.63. The maximum absolute atomic E-state index is 11.7. The molecule has 21 heavy (non-hydrogen) atoms. The summed E-state index contributed by atoms with van der Waals surface area (Å²) in [5, 5.41) is 0.719. The maximum atomic E-state index is 11.7. The smallest absolute Gasteiger partial charge is 0.358 e. The lowest BCUT2D eigenvalue weighted by Crippen LogP contribution is -2.34. The van der Waals surface area contributed by atoms with E-state index >= 15 is 0 Å². The minimum Gasteiger partial charge on any atom is -0.464 e. The number of aromatic nitrogens is 1. The molecule has 6 nitrogen and oxygen atoms in total. The highest BCUT2D eigenvalue weighted by Crippen LogP contribution is 2.32. The zero-order valence-corrected chi connectivity index (χ0v) is 13.9. The van der Waals surface area contributed by atoms with Crippen molar-refractivity contribution in [1.29, 1.82) is 0 Å². The third kappa shape index (κ3) is 3.08. The Morgan fingerprint density at radius 1 is 1.38 bits per heavy atom. The number of nitrogens with zero attached hydrogens (tertiary/aromatic N) is 3. The van der Waals surface area contributed by atoms with Crippen LogP contribution in [0.15, 0.2) is 0 Å². The first-order valence-electron chi connectivity index (χ1n) is 6.86. The topological polar surface area (TPSA) is 62.7 Å². The van der Waals surface area contributed by atoms with Gasteiger partial charge in [0, 0.05) is 26.1 Å². The number of ketones is 1. The quantitative estimate of drug-likeness (QED) is 0.620. The van der Waals surface area contributed by atoms with E-state index in [4.69, 9.17) is 4.74 Å². The molecule has 1 aromatic heterocycles. The molecule has 116 valence electrons. The van der Waals surface area contributed by atoms with Gasteiger partial charge in [-0.15, -0.1) is 0 Å². The van der Waals surface area contributed by atoms with Gasteiger partial charge in [-0.3, -0.25) is 4.79 Å². The molecule has 1 aliphatic rings. The summed E-state index contributed by atoms with van der Waals surface area (Å²) < 4.78 is 4.71. The van der Waals surface area contributed by atoms with Gasteiger partial charge in [-0.25, -0.2) is 9.78 Å². The summed E-state index contributed by atoms with van der Waals surface area (Å²) in [6, 6.07) is 0.441. The Bertz CT molecular complexity index is 556. The molecule has 0 aromatic carbocycles. The van der Waals surface area contributed by atoms with Crippen LogP contribution in [0.5, 0.6) is 0 Å². The van der Waals surface area contributed by atoms with E-state index in [0.29, 0.717) is 16.8 Å². The van der Waals surface area contributed by atoms with Crippen LogP contribution in [-0.4, -0.2) is 62.0 Å². The molecule has 1 aliphatic heterocycles. The maximum Gasteiger partial charge on any atom is 0.358 e. The minimum atomic E-state index is -0.556. The van der Waals surface area contributed by atoms with E-state index in [0.717, 1.165) is 18.2 Å². The van der Waals surface area contributed by atoms with Gasteiger partial charge in [-0.05, 0) is 20.0 Å². The number of anilines is 1. The lowest BCUT2D eigenvalue weighted by Gasteiger charge is -2.22. The molecule has 2 unspecified atom stereocenters. The molecular formula is C14H21N3O3S. The fourth-order valence-corrected chi connectivity index (χ4v) is 3.66. The number of thiazole rings is 1. The molecule has 2 heterocycles. The molecule has 2 rings (SSSR count). The largest absolute Gasteiger partial charge is 0.464 e. The molecule has 0 radical (unpaired) electrons. The second-order valence-corrected chi connectivity index (χ2v) is 6.61. The van der Waals surface area contributed by atoms with Gasteiger partial charge >= 0.3 is 5.97 Å². The number of Topliss-reactive ketones (excluding diaryl/α,β-unsaturated/α-hetero) is 1. The van der Waals surface area contributed by atoms with E-state index in [2.05, 4.69) is 35.8 Å². The van der Waals surface area contributed by atoms with Crippen LogP contribution in [0.2, 0.25) is 0 Å². The third-order valence-corrected chi connectivity index (χ3v) is 5.04. The normalized spacial score (nSPS) is 21.9. The second kappa shape index (κ2) is 6.11. The van der Waals surface area contributed by atoms with E-state index in [1.165, 1.54) is 25.4 Å². The van der Waals surface area contributed by atoms with Gasteiger partial charge < -0.3 is 14.5 Å². The number of carbonyl (C=O) groups is 2. The van der Waals surface area contributed by atoms with Crippen molar-refractivity contribution in [2.24, 2.45) is 5.92 Å². The van der Waals surface area contributed by atoms with Crippen LogP contribution in [0.4, 0.5) is 5.13 Å². The molecule has 0 spiro atoms. The Balaban J connectivity index is 2.30. The molecule has 2 atom stereocenters. The van der Waals surface area contributed by atoms with Crippen LogP contribution >= 0.6 is 11.3 Å².